The number of carbonyl (C=O) groups is 1. The molecule has 0 unspecified atom stereocenters. The Balaban J connectivity index is 1.85. The van der Waals surface area contributed by atoms with Crippen molar-refractivity contribution in [1.82, 2.24) is 0 Å². The summed E-state index contributed by atoms with van der Waals surface area (Å²) in [6, 6.07) is 0. The van der Waals surface area contributed by atoms with Gasteiger partial charge in [0.1, 0.15) is 5.76 Å². The zero-order chi connectivity index (χ0) is 13.2. The minimum Gasteiger partial charge on any atom is -0.511 e. The van der Waals surface area contributed by atoms with E-state index >= 15 is 0 Å². The van der Waals surface area contributed by atoms with Crippen LogP contribution in [0, 0.1) is 11.8 Å². The Kier molecular flexibility index (Phi) is 2.36. The van der Waals surface area contributed by atoms with Gasteiger partial charge in [0.15, 0.2) is 5.78 Å². The van der Waals surface area contributed by atoms with Crippen LogP contribution in [0.4, 0.5) is 0 Å². The summed E-state index contributed by atoms with van der Waals surface area (Å²) in [6.45, 7) is 2.95. The van der Waals surface area contributed by atoms with E-state index in [0.29, 0.717) is 31.8 Å². The van der Waals surface area contributed by atoms with Crippen LogP contribution in [0.5, 0.6) is 0 Å². The lowest BCUT2D eigenvalue weighted by Crippen LogP contribution is -2.60. The molecule has 3 fully saturated rings. The molecule has 3 saturated heterocycles. The number of hydrogen-bond acceptors (Lipinski definition) is 6. The molecular formula is C13H16O6. The number of rotatable bonds is 0. The van der Waals surface area contributed by atoms with Crippen molar-refractivity contribution in [3.63, 3.8) is 0 Å². The minimum absolute atomic E-state index is 0.0409. The van der Waals surface area contributed by atoms with Gasteiger partial charge in [0.25, 0.3) is 0 Å². The number of Topliss-reactive ketones (excluding diaryl/α,β-unsaturated/α-hetero) is 1. The Morgan fingerprint density at radius 2 is 2.05 bits per heavy atom. The lowest BCUT2D eigenvalue weighted by atomic mass is 9.70. The zero-order valence-corrected chi connectivity index (χ0v) is 10.6. The largest absolute Gasteiger partial charge is 0.511 e. The smallest absolute Gasteiger partial charge is 0.231 e. The molecule has 4 rings (SSSR count). The van der Waals surface area contributed by atoms with Gasteiger partial charge in [-0.2, -0.15) is 0 Å². The SMILES string of the molecule is CC1=C(O)[C@@H]2[C@H](CC1=O)[C@H]1CO[C@H](O1)C21OCCO1. The molecule has 6 heteroatoms. The van der Waals surface area contributed by atoms with Gasteiger partial charge in [-0.15, -0.1) is 0 Å². The van der Waals surface area contributed by atoms with E-state index in [1.165, 1.54) is 0 Å². The Bertz CT molecular complexity index is 464. The van der Waals surface area contributed by atoms with Gasteiger partial charge in [-0.25, -0.2) is 0 Å². The maximum Gasteiger partial charge on any atom is 0.231 e. The minimum atomic E-state index is -1.09. The van der Waals surface area contributed by atoms with Gasteiger partial charge in [-0.1, -0.05) is 0 Å². The maximum absolute atomic E-state index is 11.9. The van der Waals surface area contributed by atoms with Crippen LogP contribution in [0.3, 0.4) is 0 Å². The van der Waals surface area contributed by atoms with E-state index in [-0.39, 0.29) is 29.5 Å². The molecule has 0 saturated carbocycles. The molecule has 19 heavy (non-hydrogen) atoms. The molecule has 2 bridgehead atoms. The molecule has 0 aromatic heterocycles. The summed E-state index contributed by atoms with van der Waals surface area (Å²) in [4.78, 5) is 11.9. The van der Waals surface area contributed by atoms with Gasteiger partial charge < -0.3 is 24.1 Å². The highest BCUT2D eigenvalue weighted by molar-refractivity contribution is 5.96. The average Bonchev–Trinajstić information content (AvgIpc) is 3.01. The first-order valence-electron chi connectivity index (χ1n) is 6.61. The van der Waals surface area contributed by atoms with Crippen LogP contribution >= 0.6 is 0 Å². The van der Waals surface area contributed by atoms with Gasteiger partial charge in [0, 0.05) is 17.9 Å². The molecule has 1 aliphatic carbocycles. The molecule has 104 valence electrons. The van der Waals surface area contributed by atoms with Crippen LogP contribution in [0.15, 0.2) is 11.3 Å². The molecular weight excluding hydrogens is 252 g/mol. The number of aliphatic hydroxyl groups is 1. The molecule has 3 aliphatic heterocycles. The van der Waals surface area contributed by atoms with Crippen LogP contribution in [0.2, 0.25) is 0 Å². The Hall–Kier alpha value is -0.950. The van der Waals surface area contributed by atoms with Crippen LogP contribution in [-0.4, -0.2) is 48.9 Å². The summed E-state index contributed by atoms with van der Waals surface area (Å²) in [5.41, 5.74) is 0.404. The molecule has 3 heterocycles. The molecule has 1 N–H and O–H groups in total. The summed E-state index contributed by atoms with van der Waals surface area (Å²) in [5.74, 6) is -1.58. The molecule has 0 aromatic rings. The highest BCUT2D eigenvalue weighted by Crippen LogP contribution is 2.53. The quantitative estimate of drug-likeness (QED) is 0.690. The van der Waals surface area contributed by atoms with E-state index < -0.39 is 12.1 Å². The first kappa shape index (κ1) is 11.8. The molecule has 6 nitrogen and oxygen atoms in total. The lowest BCUT2D eigenvalue weighted by Gasteiger charge is -2.47. The van der Waals surface area contributed by atoms with Crippen LogP contribution < -0.4 is 0 Å². The summed E-state index contributed by atoms with van der Waals surface area (Å²) in [7, 11) is 0. The van der Waals surface area contributed by atoms with Gasteiger partial charge in [0.05, 0.1) is 31.8 Å². The number of ether oxygens (including phenoxy) is 4. The second kappa shape index (κ2) is 3.79. The number of aliphatic hydroxyl groups excluding tert-OH is 1. The number of allylic oxidation sites excluding steroid dienone is 1. The molecule has 0 amide bonds. The molecule has 4 atom stereocenters. The predicted molar refractivity (Wildman–Crippen MR) is 61.2 cm³/mol. The van der Waals surface area contributed by atoms with E-state index in [4.69, 9.17) is 18.9 Å². The van der Waals surface area contributed by atoms with Gasteiger partial charge >= 0.3 is 0 Å². The lowest BCUT2D eigenvalue weighted by molar-refractivity contribution is -0.337. The standard InChI is InChI=1S/C13H16O6/c1-6-8(14)4-7-9-5-16-12(19-9)13(10(7)11(6)15)17-2-3-18-13/h7,9-10,12,15H,2-5H2,1H3/t7-,9-,10+,12-/m1/s1. The van der Waals surface area contributed by atoms with E-state index in [2.05, 4.69) is 0 Å². The third kappa shape index (κ3) is 1.37. The summed E-state index contributed by atoms with van der Waals surface area (Å²) in [6.07, 6.45) is -0.451. The van der Waals surface area contributed by atoms with Crippen LogP contribution in [0.25, 0.3) is 0 Å². The fourth-order valence-electron chi connectivity index (χ4n) is 3.66. The normalized spacial score (nSPS) is 43.9. The monoisotopic (exact) mass is 268 g/mol. The predicted octanol–water partition coefficient (Wildman–Crippen LogP) is 0.522. The Morgan fingerprint density at radius 1 is 1.32 bits per heavy atom. The van der Waals surface area contributed by atoms with Crippen molar-refractivity contribution >= 4 is 5.78 Å². The molecule has 4 aliphatic rings. The Morgan fingerprint density at radius 3 is 2.79 bits per heavy atom. The van der Waals surface area contributed by atoms with Crippen molar-refractivity contribution in [1.29, 1.82) is 0 Å². The molecule has 0 aromatic carbocycles. The number of carbonyl (C=O) groups excluding carboxylic acids is 1. The highest BCUT2D eigenvalue weighted by Gasteiger charge is 2.66. The molecule has 0 radical (unpaired) electrons. The first-order chi connectivity index (χ1) is 9.13. The second-order valence-corrected chi connectivity index (χ2v) is 5.54. The Labute approximate surface area is 110 Å². The number of hydrogen-bond donors (Lipinski definition) is 1. The van der Waals surface area contributed by atoms with Crippen molar-refractivity contribution in [3.05, 3.63) is 11.3 Å². The van der Waals surface area contributed by atoms with E-state index in [1.807, 2.05) is 0 Å². The first-order valence-corrected chi connectivity index (χ1v) is 6.61. The van der Waals surface area contributed by atoms with E-state index in [1.54, 1.807) is 6.92 Å². The van der Waals surface area contributed by atoms with Gasteiger partial charge in [-0.05, 0) is 6.92 Å². The topological polar surface area (TPSA) is 74.2 Å². The fourth-order valence-corrected chi connectivity index (χ4v) is 3.66. The van der Waals surface area contributed by atoms with Crippen molar-refractivity contribution in [2.24, 2.45) is 11.8 Å². The third-order valence-electron chi connectivity index (χ3n) is 4.63. The fraction of sp³-hybridized carbons (Fsp3) is 0.769. The van der Waals surface area contributed by atoms with Gasteiger partial charge in [-0.3, -0.25) is 4.79 Å². The van der Waals surface area contributed by atoms with Crippen molar-refractivity contribution < 1.29 is 28.8 Å². The average molecular weight is 268 g/mol. The number of ketones is 1. The summed E-state index contributed by atoms with van der Waals surface area (Å²) in [5, 5.41) is 10.4. The van der Waals surface area contributed by atoms with Crippen molar-refractivity contribution in [2.75, 3.05) is 19.8 Å². The zero-order valence-electron chi connectivity index (χ0n) is 10.6. The maximum atomic E-state index is 11.9. The van der Waals surface area contributed by atoms with Crippen molar-refractivity contribution in [3.8, 4) is 0 Å². The second-order valence-electron chi connectivity index (χ2n) is 5.54. The van der Waals surface area contributed by atoms with Crippen molar-refractivity contribution in [2.45, 2.75) is 31.5 Å². The summed E-state index contributed by atoms with van der Waals surface area (Å²) < 4.78 is 22.9. The summed E-state index contributed by atoms with van der Waals surface area (Å²) >= 11 is 0. The molecule has 1 spiro atoms. The highest BCUT2D eigenvalue weighted by atomic mass is 16.8. The number of fused-ring (bicyclic) bond motifs is 6. The van der Waals surface area contributed by atoms with E-state index in [9.17, 15) is 9.90 Å². The van der Waals surface area contributed by atoms with Crippen LogP contribution in [0.1, 0.15) is 13.3 Å². The van der Waals surface area contributed by atoms with E-state index in [0.717, 1.165) is 0 Å². The van der Waals surface area contributed by atoms with Crippen LogP contribution in [-0.2, 0) is 23.7 Å². The van der Waals surface area contributed by atoms with Gasteiger partial charge in [0.2, 0.25) is 12.1 Å². The third-order valence-corrected chi connectivity index (χ3v) is 4.63.